The lowest BCUT2D eigenvalue weighted by Gasteiger charge is -2.28. The number of aliphatic carboxylic acids is 1. The highest BCUT2D eigenvalue weighted by atomic mass is 16.4. The summed E-state index contributed by atoms with van der Waals surface area (Å²) in [4.78, 5) is 24.4. The molecule has 2 fully saturated rings. The molecule has 3 N–H and O–H groups in total. The molecule has 1 aromatic rings. The SMILES string of the molecule is Cc1nc(N)nc(N2CC[C@@H]3CC[C@H](C2)N3C)c1CCC(=O)O. The van der Waals surface area contributed by atoms with Crippen LogP contribution in [0.15, 0.2) is 0 Å². The van der Waals surface area contributed by atoms with Crippen molar-refractivity contribution >= 4 is 17.7 Å². The second-order valence-electron chi connectivity index (χ2n) is 6.65. The molecule has 2 bridgehead atoms. The molecule has 0 aromatic carbocycles. The van der Waals surface area contributed by atoms with Gasteiger partial charge in [0.2, 0.25) is 5.95 Å². The first-order chi connectivity index (χ1) is 11.0. The van der Waals surface area contributed by atoms with Crippen LogP contribution in [-0.2, 0) is 11.2 Å². The fourth-order valence-corrected chi connectivity index (χ4v) is 3.89. The van der Waals surface area contributed by atoms with E-state index in [1.165, 1.54) is 12.8 Å². The minimum absolute atomic E-state index is 0.0842. The molecule has 0 spiro atoms. The van der Waals surface area contributed by atoms with Crippen molar-refractivity contribution in [2.45, 2.75) is 51.1 Å². The van der Waals surface area contributed by atoms with Crippen molar-refractivity contribution in [1.29, 1.82) is 0 Å². The van der Waals surface area contributed by atoms with Crippen molar-refractivity contribution in [3.05, 3.63) is 11.3 Å². The Morgan fingerprint density at radius 1 is 1.30 bits per heavy atom. The predicted octanol–water partition coefficient (Wildman–Crippen LogP) is 1.06. The molecule has 2 atom stereocenters. The summed E-state index contributed by atoms with van der Waals surface area (Å²) in [5.74, 6) is 0.290. The summed E-state index contributed by atoms with van der Waals surface area (Å²) in [6.45, 7) is 3.74. The summed E-state index contributed by atoms with van der Waals surface area (Å²) in [6, 6.07) is 1.18. The highest BCUT2D eigenvalue weighted by Gasteiger charge is 2.35. The first-order valence-corrected chi connectivity index (χ1v) is 8.27. The van der Waals surface area contributed by atoms with Crippen molar-refractivity contribution in [2.24, 2.45) is 0 Å². The second kappa shape index (κ2) is 6.31. The van der Waals surface area contributed by atoms with Crippen LogP contribution < -0.4 is 10.6 Å². The summed E-state index contributed by atoms with van der Waals surface area (Å²) in [7, 11) is 2.21. The summed E-state index contributed by atoms with van der Waals surface area (Å²) < 4.78 is 0. The molecule has 3 rings (SSSR count). The van der Waals surface area contributed by atoms with Gasteiger partial charge in [-0.3, -0.25) is 9.69 Å². The summed E-state index contributed by atoms with van der Waals surface area (Å²) in [5.41, 5.74) is 7.56. The average Bonchev–Trinajstić information content (AvgIpc) is 2.70. The van der Waals surface area contributed by atoms with Gasteiger partial charge in [0.25, 0.3) is 0 Å². The van der Waals surface area contributed by atoms with Crippen LogP contribution in [0, 0.1) is 6.92 Å². The molecule has 0 unspecified atom stereocenters. The van der Waals surface area contributed by atoms with Crippen LogP contribution in [0.1, 0.15) is 36.9 Å². The number of fused-ring (bicyclic) bond motifs is 2. The first kappa shape index (κ1) is 16.0. The van der Waals surface area contributed by atoms with Crippen LogP contribution in [0.5, 0.6) is 0 Å². The number of carboxylic acids is 1. The number of nitrogens with two attached hydrogens (primary N) is 1. The lowest BCUT2D eigenvalue weighted by molar-refractivity contribution is -0.136. The number of carboxylic acid groups (broad SMARTS) is 1. The molecule has 3 heterocycles. The highest BCUT2D eigenvalue weighted by molar-refractivity contribution is 5.68. The zero-order chi connectivity index (χ0) is 16.6. The third-order valence-corrected chi connectivity index (χ3v) is 5.25. The Labute approximate surface area is 136 Å². The molecule has 2 aliphatic rings. The average molecular weight is 319 g/mol. The minimum atomic E-state index is -0.804. The van der Waals surface area contributed by atoms with E-state index in [4.69, 9.17) is 10.8 Å². The number of hydrogen-bond donors (Lipinski definition) is 2. The lowest BCUT2D eigenvalue weighted by atomic mass is 10.1. The van der Waals surface area contributed by atoms with E-state index in [1.54, 1.807) is 0 Å². The van der Waals surface area contributed by atoms with Crippen molar-refractivity contribution < 1.29 is 9.90 Å². The van der Waals surface area contributed by atoms with Crippen molar-refractivity contribution in [3.8, 4) is 0 Å². The molecular formula is C16H25N5O2. The van der Waals surface area contributed by atoms with E-state index in [-0.39, 0.29) is 12.4 Å². The van der Waals surface area contributed by atoms with Gasteiger partial charge in [-0.15, -0.1) is 0 Å². The van der Waals surface area contributed by atoms with Gasteiger partial charge in [0.05, 0.1) is 0 Å². The number of nitrogen functional groups attached to an aromatic ring is 1. The Morgan fingerprint density at radius 3 is 2.78 bits per heavy atom. The topological polar surface area (TPSA) is 95.6 Å². The van der Waals surface area contributed by atoms with E-state index in [0.29, 0.717) is 18.5 Å². The summed E-state index contributed by atoms with van der Waals surface area (Å²) in [6.07, 6.45) is 4.11. The number of nitrogens with zero attached hydrogens (tertiary/aromatic N) is 4. The fourth-order valence-electron chi connectivity index (χ4n) is 3.89. The van der Waals surface area contributed by atoms with Crippen molar-refractivity contribution in [1.82, 2.24) is 14.9 Å². The molecule has 1 aromatic heterocycles. The van der Waals surface area contributed by atoms with Gasteiger partial charge in [0, 0.05) is 42.9 Å². The molecule has 0 saturated carbocycles. The maximum Gasteiger partial charge on any atom is 0.303 e. The monoisotopic (exact) mass is 319 g/mol. The van der Waals surface area contributed by atoms with Gasteiger partial charge in [-0.2, -0.15) is 4.98 Å². The van der Waals surface area contributed by atoms with Gasteiger partial charge >= 0.3 is 5.97 Å². The number of aryl methyl sites for hydroxylation is 1. The number of hydrogen-bond acceptors (Lipinski definition) is 6. The largest absolute Gasteiger partial charge is 0.481 e. The molecular weight excluding hydrogens is 294 g/mol. The maximum absolute atomic E-state index is 11.0. The van der Waals surface area contributed by atoms with E-state index >= 15 is 0 Å². The second-order valence-corrected chi connectivity index (χ2v) is 6.65. The third-order valence-electron chi connectivity index (χ3n) is 5.25. The third kappa shape index (κ3) is 3.24. The van der Waals surface area contributed by atoms with Crippen LogP contribution in [-0.4, -0.2) is 58.2 Å². The Morgan fingerprint density at radius 2 is 2.04 bits per heavy atom. The Balaban J connectivity index is 1.90. The van der Waals surface area contributed by atoms with E-state index in [9.17, 15) is 4.79 Å². The number of aromatic nitrogens is 2. The molecule has 0 amide bonds. The summed E-state index contributed by atoms with van der Waals surface area (Å²) in [5, 5.41) is 9.00. The molecule has 7 nitrogen and oxygen atoms in total. The standard InChI is InChI=1S/C16H25N5O2/c1-10-13(5-6-14(22)23)15(19-16(17)18-10)21-8-7-11-3-4-12(9-21)20(11)2/h11-12H,3-9H2,1-2H3,(H,22,23)(H2,17,18,19)/t11-,12+/m0/s1. The van der Waals surface area contributed by atoms with Crippen molar-refractivity contribution in [3.63, 3.8) is 0 Å². The summed E-state index contributed by atoms with van der Waals surface area (Å²) >= 11 is 0. The zero-order valence-corrected chi connectivity index (χ0v) is 13.8. The van der Waals surface area contributed by atoms with Gasteiger partial charge in [-0.1, -0.05) is 0 Å². The molecule has 7 heteroatoms. The van der Waals surface area contributed by atoms with E-state index in [1.807, 2.05) is 6.92 Å². The van der Waals surface area contributed by atoms with Crippen LogP contribution in [0.25, 0.3) is 0 Å². The Kier molecular flexibility index (Phi) is 4.39. The van der Waals surface area contributed by atoms with Crippen LogP contribution in [0.2, 0.25) is 0 Å². The van der Waals surface area contributed by atoms with Gasteiger partial charge < -0.3 is 15.7 Å². The zero-order valence-electron chi connectivity index (χ0n) is 13.8. The minimum Gasteiger partial charge on any atom is -0.481 e. The number of anilines is 2. The fraction of sp³-hybridized carbons (Fsp3) is 0.688. The van der Waals surface area contributed by atoms with Gasteiger partial charge in [-0.05, 0) is 39.7 Å². The molecule has 0 radical (unpaired) electrons. The molecule has 126 valence electrons. The molecule has 0 aliphatic carbocycles. The Bertz CT molecular complexity index is 606. The van der Waals surface area contributed by atoms with E-state index < -0.39 is 5.97 Å². The predicted molar refractivity (Wildman–Crippen MR) is 88.5 cm³/mol. The van der Waals surface area contributed by atoms with E-state index in [2.05, 4.69) is 26.8 Å². The van der Waals surface area contributed by atoms with E-state index in [0.717, 1.165) is 36.6 Å². The van der Waals surface area contributed by atoms with Crippen LogP contribution >= 0.6 is 0 Å². The smallest absolute Gasteiger partial charge is 0.303 e. The highest BCUT2D eigenvalue weighted by Crippen LogP contribution is 2.32. The molecule has 2 saturated heterocycles. The quantitative estimate of drug-likeness (QED) is 0.856. The van der Waals surface area contributed by atoms with Crippen molar-refractivity contribution in [2.75, 3.05) is 30.8 Å². The number of likely N-dealkylation sites (N-methyl/N-ethyl adjacent to an activating group) is 1. The van der Waals surface area contributed by atoms with Gasteiger partial charge in [-0.25, -0.2) is 4.98 Å². The lowest BCUT2D eigenvalue weighted by Crippen LogP contribution is -2.37. The van der Waals surface area contributed by atoms with Gasteiger partial charge in [0.15, 0.2) is 0 Å². The molecule has 23 heavy (non-hydrogen) atoms. The maximum atomic E-state index is 11.0. The number of rotatable bonds is 4. The van der Waals surface area contributed by atoms with Crippen LogP contribution in [0.4, 0.5) is 11.8 Å². The number of carbonyl (C=O) groups is 1. The molecule has 2 aliphatic heterocycles. The normalized spacial score (nSPS) is 24.7. The van der Waals surface area contributed by atoms with Crippen LogP contribution in [0.3, 0.4) is 0 Å². The van der Waals surface area contributed by atoms with Gasteiger partial charge in [0.1, 0.15) is 5.82 Å². The Hall–Kier alpha value is -1.89. The first-order valence-electron chi connectivity index (χ1n) is 8.27.